The fourth-order valence-corrected chi connectivity index (χ4v) is 21.1. The average molecular weight is 887 g/mol. The zero-order chi connectivity index (χ0) is 44.5. The van der Waals surface area contributed by atoms with Crippen molar-refractivity contribution in [2.75, 3.05) is 13.2 Å². The molecule has 0 aliphatic heterocycles. The maximum atomic E-state index is 13.8. The van der Waals surface area contributed by atoms with Crippen LogP contribution in [-0.2, 0) is 8.23 Å². The minimum absolute atomic E-state index is 0.0286. The fraction of sp³-hybridized carbons (Fsp3) is 0.391. The summed E-state index contributed by atoms with van der Waals surface area (Å²) in [5.74, 6) is -1.38. The molecule has 0 saturated carbocycles. The van der Waals surface area contributed by atoms with Crippen LogP contribution in [0.5, 0.6) is 23.0 Å². The Balaban J connectivity index is 1.03. The zero-order valence-corrected chi connectivity index (χ0v) is 39.0. The predicted molar refractivity (Wildman–Crippen MR) is 237 cm³/mol. The van der Waals surface area contributed by atoms with E-state index in [9.17, 15) is 18.4 Å². The van der Waals surface area contributed by atoms with E-state index in [0.717, 1.165) is 75.6 Å². The van der Waals surface area contributed by atoms with Gasteiger partial charge in [-0.2, -0.15) is 10.5 Å². The molecule has 324 valence electrons. The van der Waals surface area contributed by atoms with Gasteiger partial charge in [0.15, 0.2) is 16.6 Å². The molecule has 61 heavy (non-hydrogen) atoms. The number of rotatable bonds is 24. The Morgan fingerprint density at radius 3 is 1.20 bits per heavy atom. The Bertz CT molecular complexity index is 2000. The Labute approximate surface area is 361 Å². The van der Waals surface area contributed by atoms with Crippen LogP contribution >= 0.6 is 0 Å². The van der Waals surface area contributed by atoms with Crippen LogP contribution in [0.15, 0.2) is 84.9 Å². The molecule has 0 bridgehead atoms. The maximum absolute atomic E-state index is 13.8. The lowest BCUT2D eigenvalue weighted by atomic mass is 10.2. The molecule has 15 heteroatoms. The first-order valence-electron chi connectivity index (χ1n) is 20.7. The Morgan fingerprint density at radius 2 is 0.852 bits per heavy atom. The number of hydrogen-bond acceptors (Lipinski definition) is 10. The van der Waals surface area contributed by atoms with Crippen LogP contribution in [0.4, 0.5) is 8.78 Å². The number of carbonyl (C=O) groups is 2. The number of benzene rings is 4. The molecule has 0 saturated heterocycles. The van der Waals surface area contributed by atoms with Crippen LogP contribution in [-0.4, -0.2) is 50.3 Å². The number of carbonyl (C=O) groups excluding carboxylic acids is 2. The maximum Gasteiger partial charge on any atom is 0.343 e. The van der Waals surface area contributed by atoms with E-state index in [1.54, 1.807) is 60.7 Å². The second kappa shape index (κ2) is 23.2. The smallest absolute Gasteiger partial charge is 0.343 e. The van der Waals surface area contributed by atoms with Crippen molar-refractivity contribution >= 4 is 37.1 Å². The highest BCUT2D eigenvalue weighted by Gasteiger charge is 2.39. The lowest BCUT2D eigenvalue weighted by molar-refractivity contribution is 0.0724. The first-order chi connectivity index (χ1) is 29.0. The van der Waals surface area contributed by atoms with Gasteiger partial charge in [-0.15, -0.1) is 0 Å². The summed E-state index contributed by atoms with van der Waals surface area (Å²) in [4.78, 5) is 24.9. The second-order valence-corrected chi connectivity index (χ2v) is 29.0. The van der Waals surface area contributed by atoms with E-state index in [4.69, 9.17) is 37.7 Å². The molecular weight excluding hydrogens is 831 g/mol. The van der Waals surface area contributed by atoms with Gasteiger partial charge in [-0.3, -0.25) is 0 Å². The standard InChI is InChI=1S/C46H56F2N2O8Si3/c1-59(2,29-13-9-7-11-27-53-39-21-15-35(16-22-39)45(51)55-41-25-19-37(33-49)43(47)31-41)57-61(5,6)58-60(3,4)30-14-10-8-12-28-54-40-23-17-36(18-24-40)46(52)56-42-26-20-38(34-50)44(48)32-42/h15-26,31-32H,7-14,27-30H2,1-6H3. The highest BCUT2D eigenvalue weighted by Crippen LogP contribution is 2.28. The number of esters is 2. The molecule has 4 aromatic rings. The molecule has 0 heterocycles. The largest absolute Gasteiger partial charge is 0.494 e. The summed E-state index contributed by atoms with van der Waals surface area (Å²) < 4.78 is 63.5. The third-order valence-corrected chi connectivity index (χ3v) is 21.1. The second-order valence-electron chi connectivity index (χ2n) is 16.5. The Hall–Kier alpha value is -5.17. The van der Waals surface area contributed by atoms with Crippen LogP contribution in [0, 0.1) is 34.3 Å². The summed E-state index contributed by atoms with van der Waals surface area (Å²) in [5.41, 5.74) is 0.375. The van der Waals surface area contributed by atoms with Crippen LogP contribution in [0.3, 0.4) is 0 Å². The van der Waals surface area contributed by atoms with Crippen LogP contribution < -0.4 is 18.9 Å². The predicted octanol–water partition coefficient (Wildman–Crippen LogP) is 11.9. The molecule has 0 amide bonds. The molecule has 4 aromatic carbocycles. The van der Waals surface area contributed by atoms with Gasteiger partial charge in [0.25, 0.3) is 0 Å². The average Bonchev–Trinajstić information content (AvgIpc) is 3.19. The van der Waals surface area contributed by atoms with Gasteiger partial charge in [0.1, 0.15) is 46.8 Å². The van der Waals surface area contributed by atoms with E-state index in [2.05, 4.69) is 39.3 Å². The summed E-state index contributed by atoms with van der Waals surface area (Å²) >= 11 is 0. The number of nitriles is 2. The molecule has 0 radical (unpaired) electrons. The minimum atomic E-state index is -2.31. The van der Waals surface area contributed by atoms with E-state index in [1.807, 2.05) is 0 Å². The molecule has 4 rings (SSSR count). The van der Waals surface area contributed by atoms with Crippen molar-refractivity contribution in [3.05, 3.63) is 119 Å². The van der Waals surface area contributed by atoms with Gasteiger partial charge in [0, 0.05) is 12.1 Å². The third kappa shape index (κ3) is 17.0. The first-order valence-corrected chi connectivity index (χ1v) is 29.7. The van der Waals surface area contributed by atoms with Crippen molar-refractivity contribution in [3.8, 4) is 35.1 Å². The highest BCUT2D eigenvalue weighted by molar-refractivity contribution is 6.87. The number of ether oxygens (including phenoxy) is 4. The summed E-state index contributed by atoms with van der Waals surface area (Å²) in [5, 5.41) is 17.7. The van der Waals surface area contributed by atoms with Gasteiger partial charge < -0.3 is 27.2 Å². The normalized spacial score (nSPS) is 11.6. The van der Waals surface area contributed by atoms with E-state index < -0.39 is 48.8 Å². The van der Waals surface area contributed by atoms with Gasteiger partial charge in [-0.25, -0.2) is 18.4 Å². The molecule has 10 nitrogen and oxygen atoms in total. The minimum Gasteiger partial charge on any atom is -0.494 e. The monoisotopic (exact) mass is 886 g/mol. The Kier molecular flexibility index (Phi) is 18.4. The van der Waals surface area contributed by atoms with Crippen molar-refractivity contribution in [2.45, 2.75) is 103 Å². The molecule has 0 N–H and O–H groups in total. The SMILES string of the molecule is C[Si](C)(CCCCCCOc1ccc(C(=O)Oc2ccc(C#N)c(F)c2)cc1)O[Si](C)(C)O[Si](C)(C)CCCCCCOc1ccc(C(=O)Oc2ccc(C#N)c(F)c2)cc1. The zero-order valence-electron chi connectivity index (χ0n) is 36.0. The number of hydrogen-bond donors (Lipinski definition) is 0. The van der Waals surface area contributed by atoms with Crippen molar-refractivity contribution in [1.29, 1.82) is 10.5 Å². The van der Waals surface area contributed by atoms with Crippen molar-refractivity contribution in [3.63, 3.8) is 0 Å². The Morgan fingerprint density at radius 1 is 0.508 bits per heavy atom. The van der Waals surface area contributed by atoms with Crippen LogP contribution in [0.2, 0.25) is 51.4 Å². The molecule has 0 spiro atoms. The fourth-order valence-electron chi connectivity index (χ4n) is 6.85. The molecule has 0 fully saturated rings. The summed E-state index contributed by atoms with van der Waals surface area (Å²) in [7, 11) is -6.15. The lowest BCUT2D eigenvalue weighted by Crippen LogP contribution is -2.52. The quantitative estimate of drug-likeness (QED) is 0.0289. The van der Waals surface area contributed by atoms with Gasteiger partial charge in [0.2, 0.25) is 0 Å². The molecular formula is C46H56F2N2O8Si3. The van der Waals surface area contributed by atoms with Crippen LogP contribution in [0.25, 0.3) is 0 Å². The first kappa shape index (κ1) is 48.5. The van der Waals surface area contributed by atoms with Gasteiger partial charge in [0.05, 0.1) is 35.5 Å². The van der Waals surface area contributed by atoms with Gasteiger partial charge in [-0.05, 0) is 137 Å². The van der Waals surface area contributed by atoms with Crippen molar-refractivity contribution in [2.24, 2.45) is 0 Å². The summed E-state index contributed by atoms with van der Waals surface area (Å²) in [6, 6.07) is 26.2. The molecule has 0 aromatic heterocycles. The summed E-state index contributed by atoms with van der Waals surface area (Å²) in [6.07, 6.45) is 8.28. The van der Waals surface area contributed by atoms with Gasteiger partial charge in [-0.1, -0.05) is 38.5 Å². The van der Waals surface area contributed by atoms with E-state index in [1.165, 1.54) is 24.3 Å². The molecule has 0 aliphatic rings. The van der Waals surface area contributed by atoms with E-state index in [-0.39, 0.29) is 22.6 Å². The summed E-state index contributed by atoms with van der Waals surface area (Å²) in [6.45, 7) is 14.7. The third-order valence-electron chi connectivity index (χ3n) is 9.65. The molecule has 0 unspecified atom stereocenters. The highest BCUT2D eigenvalue weighted by atomic mass is 28.5. The lowest BCUT2D eigenvalue weighted by Gasteiger charge is -2.39. The number of unbranched alkanes of at least 4 members (excludes halogenated alkanes) is 6. The molecule has 0 aliphatic carbocycles. The topological polar surface area (TPSA) is 137 Å². The number of nitrogens with zero attached hydrogens (tertiary/aromatic N) is 2. The van der Waals surface area contributed by atoms with E-state index in [0.29, 0.717) is 35.8 Å². The van der Waals surface area contributed by atoms with E-state index >= 15 is 0 Å². The molecule has 0 atom stereocenters. The van der Waals surface area contributed by atoms with Gasteiger partial charge >= 0.3 is 20.5 Å². The van der Waals surface area contributed by atoms with Crippen molar-refractivity contribution < 1.29 is 45.5 Å². The van der Waals surface area contributed by atoms with Crippen LogP contribution in [0.1, 0.15) is 83.2 Å². The van der Waals surface area contributed by atoms with Crippen molar-refractivity contribution in [1.82, 2.24) is 0 Å². The number of halogens is 2.